The van der Waals surface area contributed by atoms with Gasteiger partial charge in [0, 0.05) is 6.92 Å². The number of carbonyl (C=O) groups is 1. The van der Waals surface area contributed by atoms with E-state index < -0.39 is 26.6 Å². The van der Waals surface area contributed by atoms with Gasteiger partial charge in [0.15, 0.2) is 0 Å². The van der Waals surface area contributed by atoms with Crippen LogP contribution >= 0.6 is 7.82 Å². The first kappa shape index (κ1) is 52.2. The Hall–Kier alpha value is -0.760. The van der Waals surface area contributed by atoms with E-state index in [1.807, 2.05) is 27.2 Å². The molecule has 0 fully saturated rings. The molecular weight excluding hydrogens is 683 g/mol. The average molecular weight is 773 g/mol. The Kier molecular flexibility index (Phi) is 36.3. The minimum Gasteiger partial charge on any atom is -0.756 e. The van der Waals surface area contributed by atoms with Crippen LogP contribution in [0.5, 0.6) is 0 Å². The number of likely N-dealkylation sites (N-methyl/N-ethyl adjacent to an activating group) is 1. The SMILES string of the molecule is CCCCCCCCCCCCCCCCCCCCCCCCCCCCCCCC/C=C/C(O)C(COP(=O)([O-])OCC[N+](C)(C)C)NC(C)=O. The number of phosphoric acid groups is 1. The molecule has 0 rings (SSSR count). The lowest BCUT2D eigenvalue weighted by atomic mass is 10.0. The fraction of sp³-hybridized carbons (Fsp3) is 0.932. The summed E-state index contributed by atoms with van der Waals surface area (Å²) >= 11 is 0. The number of rotatable bonds is 41. The molecule has 0 heterocycles. The predicted molar refractivity (Wildman–Crippen MR) is 224 cm³/mol. The van der Waals surface area contributed by atoms with E-state index in [-0.39, 0.29) is 12.5 Å². The number of quaternary nitrogens is 1. The quantitative estimate of drug-likeness (QED) is 0.0277. The molecular formula is C44H89N2O6P. The summed E-state index contributed by atoms with van der Waals surface area (Å²) in [7, 11) is 1.26. The topological polar surface area (TPSA) is 108 Å². The maximum absolute atomic E-state index is 12.1. The third-order valence-corrected chi connectivity index (χ3v) is 11.2. The van der Waals surface area contributed by atoms with Crippen LogP contribution in [0, 0.1) is 0 Å². The minimum absolute atomic E-state index is 0.00274. The van der Waals surface area contributed by atoms with Gasteiger partial charge >= 0.3 is 0 Å². The molecule has 2 N–H and O–H groups in total. The highest BCUT2D eigenvalue weighted by Gasteiger charge is 2.22. The first-order chi connectivity index (χ1) is 25.5. The van der Waals surface area contributed by atoms with E-state index in [0.29, 0.717) is 11.0 Å². The van der Waals surface area contributed by atoms with Crippen LogP contribution in [0.4, 0.5) is 0 Å². The van der Waals surface area contributed by atoms with E-state index in [1.54, 1.807) is 6.08 Å². The van der Waals surface area contributed by atoms with Crippen LogP contribution in [0.3, 0.4) is 0 Å². The molecule has 0 aliphatic rings. The first-order valence-corrected chi connectivity index (χ1v) is 24.0. The fourth-order valence-electron chi connectivity index (χ4n) is 6.78. The maximum Gasteiger partial charge on any atom is 0.268 e. The van der Waals surface area contributed by atoms with Gasteiger partial charge in [-0.1, -0.05) is 205 Å². The van der Waals surface area contributed by atoms with Crippen molar-refractivity contribution in [3.63, 3.8) is 0 Å². The zero-order valence-corrected chi connectivity index (χ0v) is 36.6. The van der Waals surface area contributed by atoms with Gasteiger partial charge in [-0.05, 0) is 12.8 Å². The molecule has 3 unspecified atom stereocenters. The van der Waals surface area contributed by atoms with Gasteiger partial charge in [0.2, 0.25) is 5.91 Å². The van der Waals surface area contributed by atoms with Crippen LogP contribution in [0.2, 0.25) is 0 Å². The monoisotopic (exact) mass is 773 g/mol. The molecule has 53 heavy (non-hydrogen) atoms. The number of carbonyl (C=O) groups excluding carboxylic acids is 1. The van der Waals surface area contributed by atoms with Gasteiger partial charge in [0.25, 0.3) is 7.82 Å². The number of unbranched alkanes of at least 4 members (excludes halogenated alkanes) is 30. The molecule has 8 nitrogen and oxygen atoms in total. The zero-order chi connectivity index (χ0) is 39.3. The van der Waals surface area contributed by atoms with E-state index >= 15 is 0 Å². The summed E-state index contributed by atoms with van der Waals surface area (Å²) in [5.41, 5.74) is 0. The number of hydrogen-bond acceptors (Lipinski definition) is 6. The molecule has 0 saturated carbocycles. The van der Waals surface area contributed by atoms with Gasteiger partial charge in [-0.2, -0.15) is 0 Å². The highest BCUT2D eigenvalue weighted by atomic mass is 31.2. The smallest absolute Gasteiger partial charge is 0.268 e. The summed E-state index contributed by atoms with van der Waals surface area (Å²) in [5.74, 6) is -0.372. The molecule has 9 heteroatoms. The summed E-state index contributed by atoms with van der Waals surface area (Å²) in [6, 6.07) is -0.883. The lowest BCUT2D eigenvalue weighted by Crippen LogP contribution is -2.45. The van der Waals surface area contributed by atoms with Gasteiger partial charge in [-0.25, -0.2) is 0 Å². The summed E-state index contributed by atoms with van der Waals surface area (Å²) in [6.45, 7) is 3.72. The predicted octanol–water partition coefficient (Wildman–Crippen LogP) is 11.7. The van der Waals surface area contributed by atoms with Gasteiger partial charge in [-0.3, -0.25) is 9.36 Å². The van der Waals surface area contributed by atoms with E-state index in [4.69, 9.17) is 9.05 Å². The van der Waals surface area contributed by atoms with Crippen molar-refractivity contribution in [1.29, 1.82) is 0 Å². The van der Waals surface area contributed by atoms with Crippen molar-refractivity contribution in [2.24, 2.45) is 0 Å². The molecule has 0 aromatic carbocycles. The number of aliphatic hydroxyl groups excluding tert-OH is 1. The lowest BCUT2D eigenvalue weighted by molar-refractivity contribution is -0.870. The third kappa shape index (κ3) is 40.7. The second kappa shape index (κ2) is 36.9. The highest BCUT2D eigenvalue weighted by Crippen LogP contribution is 2.38. The van der Waals surface area contributed by atoms with Gasteiger partial charge < -0.3 is 28.8 Å². The van der Waals surface area contributed by atoms with E-state index in [9.17, 15) is 19.4 Å². The minimum atomic E-state index is -4.54. The standard InChI is InChI=1S/C44H89N2O6P/c1-6-7-8-9-10-11-12-13-14-15-16-17-18-19-20-21-22-23-24-25-26-27-28-29-30-31-32-33-34-35-36-37-38-44(48)43(45-42(2)47)41-52-53(49,50)51-40-39-46(3,4)5/h37-38,43-44,48H,6-36,39-41H2,1-5H3,(H-,45,47,49,50)/b38-37+. The van der Waals surface area contributed by atoms with Gasteiger partial charge in [0.05, 0.1) is 39.9 Å². The van der Waals surface area contributed by atoms with Gasteiger partial charge in [0.1, 0.15) is 13.2 Å². The van der Waals surface area contributed by atoms with Gasteiger partial charge in [-0.15, -0.1) is 0 Å². The summed E-state index contributed by atoms with van der Waals surface area (Å²) in [5, 5.41) is 13.1. The van der Waals surface area contributed by atoms with Crippen molar-refractivity contribution in [3.8, 4) is 0 Å². The van der Waals surface area contributed by atoms with Crippen molar-refractivity contribution in [1.82, 2.24) is 5.32 Å². The Bertz CT molecular complexity index is 880. The molecule has 0 aromatic rings. The molecule has 0 saturated heterocycles. The molecule has 0 aliphatic carbocycles. The summed E-state index contributed by atoms with van der Waals surface area (Å²) < 4.78 is 22.5. The van der Waals surface area contributed by atoms with Crippen molar-refractivity contribution in [2.45, 2.75) is 225 Å². The number of nitrogens with one attached hydrogen (secondary N) is 1. The highest BCUT2D eigenvalue weighted by molar-refractivity contribution is 7.45. The molecule has 3 atom stereocenters. The van der Waals surface area contributed by atoms with Crippen molar-refractivity contribution < 1.29 is 32.9 Å². The van der Waals surface area contributed by atoms with Crippen LogP contribution in [-0.4, -0.2) is 68.5 Å². The number of hydrogen-bond donors (Lipinski definition) is 2. The van der Waals surface area contributed by atoms with Crippen molar-refractivity contribution in [2.75, 3.05) is 40.9 Å². The lowest BCUT2D eigenvalue weighted by Gasteiger charge is -2.29. The van der Waals surface area contributed by atoms with E-state index in [0.717, 1.165) is 19.3 Å². The molecule has 0 spiro atoms. The number of phosphoric ester groups is 1. The maximum atomic E-state index is 12.1. The molecule has 0 aromatic heterocycles. The molecule has 316 valence electrons. The Morgan fingerprint density at radius 1 is 0.642 bits per heavy atom. The van der Waals surface area contributed by atoms with Crippen molar-refractivity contribution in [3.05, 3.63) is 12.2 Å². The molecule has 0 aliphatic heterocycles. The van der Waals surface area contributed by atoms with Crippen LogP contribution < -0.4 is 10.2 Å². The summed E-state index contributed by atoms with van der Waals surface area (Å²) in [4.78, 5) is 23.7. The second-order valence-electron chi connectivity index (χ2n) is 16.9. The van der Waals surface area contributed by atoms with E-state index in [2.05, 4.69) is 12.2 Å². The van der Waals surface area contributed by atoms with Crippen LogP contribution in [0.1, 0.15) is 213 Å². The van der Waals surface area contributed by atoms with E-state index in [1.165, 1.54) is 187 Å². The van der Waals surface area contributed by atoms with Crippen LogP contribution in [-0.2, 0) is 18.4 Å². The molecule has 1 amide bonds. The second-order valence-corrected chi connectivity index (χ2v) is 18.3. The Morgan fingerprint density at radius 2 is 0.981 bits per heavy atom. The van der Waals surface area contributed by atoms with Crippen LogP contribution in [0.25, 0.3) is 0 Å². The zero-order valence-electron chi connectivity index (χ0n) is 35.7. The molecule has 0 radical (unpaired) electrons. The normalized spacial score (nSPS) is 14.5. The fourth-order valence-corrected chi connectivity index (χ4v) is 7.50. The largest absolute Gasteiger partial charge is 0.756 e. The van der Waals surface area contributed by atoms with Crippen LogP contribution in [0.15, 0.2) is 12.2 Å². The Morgan fingerprint density at radius 3 is 1.30 bits per heavy atom. The number of aliphatic hydroxyl groups is 1. The Labute approximate surface area is 329 Å². The average Bonchev–Trinajstić information content (AvgIpc) is 3.09. The summed E-state index contributed by atoms with van der Waals surface area (Å²) in [6.07, 6.45) is 45.1. The van der Waals surface area contributed by atoms with Crippen molar-refractivity contribution >= 4 is 13.7 Å². The Balaban J connectivity index is 3.55. The number of nitrogens with zero attached hydrogens (tertiary/aromatic N) is 1. The first-order valence-electron chi connectivity index (χ1n) is 22.5. The molecule has 0 bridgehead atoms. The third-order valence-electron chi connectivity index (χ3n) is 10.3. The number of allylic oxidation sites excluding steroid dienone is 1. The number of amides is 1.